The van der Waals surface area contributed by atoms with E-state index >= 15 is 8.78 Å². The smallest absolute Gasteiger partial charge is 0.129 e. The van der Waals surface area contributed by atoms with E-state index in [4.69, 9.17) is 0 Å². The van der Waals surface area contributed by atoms with Crippen LogP contribution in [-0.4, -0.2) is 42.9 Å². The van der Waals surface area contributed by atoms with Crippen LogP contribution in [-0.2, 0) is 17.5 Å². The van der Waals surface area contributed by atoms with Crippen molar-refractivity contribution in [3.05, 3.63) is 71.2 Å². The Balaban J connectivity index is 1.63. The van der Waals surface area contributed by atoms with Crippen LogP contribution >= 0.6 is 0 Å². The predicted molar refractivity (Wildman–Crippen MR) is 112 cm³/mol. The van der Waals surface area contributed by atoms with E-state index in [0.29, 0.717) is 17.8 Å². The zero-order valence-electron chi connectivity index (χ0n) is 17.2. The van der Waals surface area contributed by atoms with Crippen molar-refractivity contribution in [2.45, 2.75) is 42.7 Å². The van der Waals surface area contributed by atoms with Gasteiger partial charge in [0.2, 0.25) is 0 Å². The van der Waals surface area contributed by atoms with Crippen molar-refractivity contribution in [2.24, 2.45) is 0 Å². The summed E-state index contributed by atoms with van der Waals surface area (Å²) in [5.41, 5.74) is 0.802. The van der Waals surface area contributed by atoms with Gasteiger partial charge in [0, 0.05) is 36.0 Å². The molecule has 2 unspecified atom stereocenters. The molecule has 158 valence electrons. The summed E-state index contributed by atoms with van der Waals surface area (Å²) in [5, 5.41) is 4.25. The molecular formula is C24H26F3N3. The first-order chi connectivity index (χ1) is 14.4. The summed E-state index contributed by atoms with van der Waals surface area (Å²) in [4.78, 5) is 5.16. The SMILES string of the molecule is CN(C)C1(c2cccc(F)c2)CC(F)C2(NCCc3c2[nH]c2ccccc32)C(F)C1. The van der Waals surface area contributed by atoms with Gasteiger partial charge in [0.25, 0.3) is 0 Å². The zero-order chi connectivity index (χ0) is 21.1. The molecule has 2 aliphatic rings. The van der Waals surface area contributed by atoms with Gasteiger partial charge in [-0.2, -0.15) is 0 Å². The van der Waals surface area contributed by atoms with E-state index < -0.39 is 29.2 Å². The zero-order valence-corrected chi connectivity index (χ0v) is 17.2. The van der Waals surface area contributed by atoms with Crippen molar-refractivity contribution < 1.29 is 13.2 Å². The largest absolute Gasteiger partial charge is 0.356 e. The number of nitrogens with one attached hydrogen (secondary N) is 2. The van der Waals surface area contributed by atoms with Crippen molar-refractivity contribution >= 4 is 10.9 Å². The van der Waals surface area contributed by atoms with Gasteiger partial charge in [0.1, 0.15) is 23.7 Å². The highest BCUT2D eigenvalue weighted by molar-refractivity contribution is 5.85. The first-order valence-corrected chi connectivity index (χ1v) is 10.5. The lowest BCUT2D eigenvalue weighted by Crippen LogP contribution is -2.66. The molecule has 3 aromatic rings. The number of halogens is 3. The van der Waals surface area contributed by atoms with Crippen LogP contribution in [0.15, 0.2) is 48.5 Å². The van der Waals surface area contributed by atoms with Crippen molar-refractivity contribution in [1.29, 1.82) is 0 Å². The van der Waals surface area contributed by atoms with Gasteiger partial charge >= 0.3 is 0 Å². The van der Waals surface area contributed by atoms with Gasteiger partial charge in [-0.25, -0.2) is 13.2 Å². The number of hydrogen-bond acceptors (Lipinski definition) is 2. The number of nitrogens with zero attached hydrogens (tertiary/aromatic N) is 1. The van der Waals surface area contributed by atoms with Gasteiger partial charge in [-0.1, -0.05) is 30.3 Å². The lowest BCUT2D eigenvalue weighted by Gasteiger charge is -2.54. The van der Waals surface area contributed by atoms with Crippen molar-refractivity contribution in [3.8, 4) is 0 Å². The van der Waals surface area contributed by atoms with Gasteiger partial charge in [0.15, 0.2) is 0 Å². The Morgan fingerprint density at radius 2 is 1.73 bits per heavy atom. The highest BCUT2D eigenvalue weighted by atomic mass is 19.1. The number of aromatic nitrogens is 1. The Morgan fingerprint density at radius 1 is 1.00 bits per heavy atom. The minimum Gasteiger partial charge on any atom is -0.356 e. The molecule has 3 nitrogen and oxygen atoms in total. The van der Waals surface area contributed by atoms with Gasteiger partial charge < -0.3 is 10.3 Å². The van der Waals surface area contributed by atoms with E-state index in [0.717, 1.165) is 22.9 Å². The maximum atomic E-state index is 16.2. The van der Waals surface area contributed by atoms with Crippen LogP contribution < -0.4 is 5.32 Å². The van der Waals surface area contributed by atoms with Crippen LogP contribution in [0.5, 0.6) is 0 Å². The van der Waals surface area contributed by atoms with Crippen LogP contribution in [0.4, 0.5) is 13.2 Å². The lowest BCUT2D eigenvalue weighted by atomic mass is 9.64. The van der Waals surface area contributed by atoms with Crippen molar-refractivity contribution in [3.63, 3.8) is 0 Å². The second kappa shape index (κ2) is 6.86. The molecule has 1 fully saturated rings. The molecule has 30 heavy (non-hydrogen) atoms. The summed E-state index contributed by atoms with van der Waals surface area (Å²) >= 11 is 0. The fraction of sp³-hybridized carbons (Fsp3) is 0.417. The Bertz CT molecular complexity index is 1080. The fourth-order valence-corrected chi connectivity index (χ4v) is 5.66. The number of alkyl halides is 2. The number of H-pyrrole nitrogens is 1. The maximum absolute atomic E-state index is 16.2. The molecule has 1 spiro atoms. The molecule has 6 heteroatoms. The Hall–Kier alpha value is -2.31. The van der Waals surface area contributed by atoms with Crippen LogP contribution in [0.25, 0.3) is 10.9 Å². The number of rotatable bonds is 2. The second-order valence-corrected chi connectivity index (χ2v) is 8.85. The molecule has 1 aliphatic heterocycles. The van der Waals surface area contributed by atoms with E-state index in [1.54, 1.807) is 12.1 Å². The number of para-hydroxylation sites is 1. The van der Waals surface area contributed by atoms with Crippen LogP contribution in [0.3, 0.4) is 0 Å². The number of benzene rings is 2. The summed E-state index contributed by atoms with van der Waals surface area (Å²) in [6, 6.07) is 14.0. The van der Waals surface area contributed by atoms with E-state index in [1.807, 2.05) is 43.3 Å². The quantitative estimate of drug-likeness (QED) is 0.645. The molecule has 2 heterocycles. The summed E-state index contributed by atoms with van der Waals surface area (Å²) in [6.07, 6.45) is -2.10. The minimum absolute atomic E-state index is 0.0751. The summed E-state index contributed by atoms with van der Waals surface area (Å²) < 4.78 is 46.4. The fourth-order valence-electron chi connectivity index (χ4n) is 5.66. The second-order valence-electron chi connectivity index (χ2n) is 8.85. The molecule has 0 bridgehead atoms. The molecule has 0 radical (unpaired) electrons. The van der Waals surface area contributed by atoms with E-state index in [-0.39, 0.29) is 12.8 Å². The predicted octanol–water partition coefficient (Wildman–Crippen LogP) is 4.58. The molecule has 1 aromatic heterocycles. The number of hydrogen-bond donors (Lipinski definition) is 2. The molecule has 2 N–H and O–H groups in total. The van der Waals surface area contributed by atoms with Crippen LogP contribution in [0.2, 0.25) is 0 Å². The molecule has 2 aromatic carbocycles. The van der Waals surface area contributed by atoms with Gasteiger partial charge in [-0.05, 0) is 49.8 Å². The molecule has 5 rings (SSSR count). The van der Waals surface area contributed by atoms with Gasteiger partial charge in [0.05, 0.1) is 5.54 Å². The van der Waals surface area contributed by atoms with E-state index in [2.05, 4.69) is 10.3 Å². The van der Waals surface area contributed by atoms with Crippen LogP contribution in [0.1, 0.15) is 29.7 Å². The third-order valence-electron chi connectivity index (χ3n) is 7.26. The van der Waals surface area contributed by atoms with Crippen LogP contribution in [0, 0.1) is 5.82 Å². The third-order valence-corrected chi connectivity index (χ3v) is 7.26. The van der Waals surface area contributed by atoms with E-state index in [1.165, 1.54) is 12.1 Å². The average Bonchev–Trinajstić information content (AvgIpc) is 3.11. The molecule has 2 atom stereocenters. The van der Waals surface area contributed by atoms with Crippen molar-refractivity contribution in [1.82, 2.24) is 15.2 Å². The standard InChI is InChI=1S/C24H26F3N3/c1-30(2)23(15-6-5-7-16(25)12-15)13-20(26)24(21(27)14-23)22-18(10-11-28-24)17-8-3-4-9-19(17)29-22/h3-9,12,20-21,28-29H,10-11,13-14H2,1-2H3. The monoisotopic (exact) mass is 413 g/mol. The maximum Gasteiger partial charge on any atom is 0.129 e. The molecule has 1 saturated carbocycles. The van der Waals surface area contributed by atoms with E-state index in [9.17, 15) is 4.39 Å². The topological polar surface area (TPSA) is 31.1 Å². The first kappa shape index (κ1) is 19.6. The lowest BCUT2D eigenvalue weighted by molar-refractivity contribution is -0.0680. The number of fused-ring (bicyclic) bond motifs is 4. The van der Waals surface area contributed by atoms with Crippen molar-refractivity contribution in [2.75, 3.05) is 20.6 Å². The normalized spacial score (nSPS) is 31.4. The third kappa shape index (κ3) is 2.59. The Kier molecular flexibility index (Phi) is 4.49. The Labute approximate surface area is 174 Å². The molecule has 0 saturated heterocycles. The highest BCUT2D eigenvalue weighted by Crippen LogP contribution is 2.52. The molecule has 0 amide bonds. The summed E-state index contributed by atoms with van der Waals surface area (Å²) in [5.74, 6) is -0.395. The summed E-state index contributed by atoms with van der Waals surface area (Å²) in [7, 11) is 3.62. The molecular weight excluding hydrogens is 387 g/mol. The average molecular weight is 413 g/mol. The minimum atomic E-state index is -1.49. The Morgan fingerprint density at radius 3 is 2.43 bits per heavy atom. The highest BCUT2D eigenvalue weighted by Gasteiger charge is 2.60. The number of aromatic amines is 1. The first-order valence-electron chi connectivity index (χ1n) is 10.5. The van der Waals surface area contributed by atoms with Gasteiger partial charge in [-0.3, -0.25) is 4.90 Å². The summed E-state index contributed by atoms with van der Waals surface area (Å²) in [6.45, 7) is 0.518. The van der Waals surface area contributed by atoms with Gasteiger partial charge in [-0.15, -0.1) is 0 Å². The molecule has 1 aliphatic carbocycles.